The van der Waals surface area contributed by atoms with E-state index in [1.54, 1.807) is 0 Å². The lowest BCUT2D eigenvalue weighted by molar-refractivity contribution is -0.127. The first kappa shape index (κ1) is 11.4. The predicted molar refractivity (Wildman–Crippen MR) is 49.0 cm³/mol. The Kier molecular flexibility index (Phi) is 4.90. The van der Waals surface area contributed by atoms with Gasteiger partial charge in [-0.3, -0.25) is 4.79 Å². The molecule has 0 aliphatic carbocycles. The van der Waals surface area contributed by atoms with Crippen LogP contribution in [0.1, 0.15) is 34.1 Å². The van der Waals surface area contributed by atoms with Crippen molar-refractivity contribution < 1.29 is 9.53 Å². The maximum absolute atomic E-state index is 11.1. The second-order valence-corrected chi connectivity index (χ2v) is 3.85. The Labute approximate surface area is 74.5 Å². The smallest absolute Gasteiger partial charge is 0.246 e. The van der Waals surface area contributed by atoms with Crippen molar-refractivity contribution in [2.24, 2.45) is 0 Å². The Hall–Kier alpha value is -0.570. The highest BCUT2D eigenvalue weighted by Gasteiger charge is 2.12. The molecule has 3 heteroatoms. The van der Waals surface area contributed by atoms with Gasteiger partial charge in [-0.05, 0) is 27.2 Å². The van der Waals surface area contributed by atoms with Crippen molar-refractivity contribution in [2.45, 2.75) is 39.7 Å². The summed E-state index contributed by atoms with van der Waals surface area (Å²) in [5.74, 6) is -0.0454. The van der Waals surface area contributed by atoms with E-state index in [-0.39, 0.29) is 18.1 Å². The lowest BCUT2D eigenvalue weighted by atomic mass is 10.1. The lowest BCUT2D eigenvalue weighted by Gasteiger charge is -2.20. The average molecular weight is 173 g/mol. The van der Waals surface area contributed by atoms with Gasteiger partial charge in [0.25, 0.3) is 0 Å². The van der Waals surface area contributed by atoms with Gasteiger partial charge in [0.15, 0.2) is 0 Å². The van der Waals surface area contributed by atoms with Gasteiger partial charge in [0.1, 0.15) is 6.61 Å². The molecule has 0 saturated carbocycles. The molecule has 0 heterocycles. The minimum atomic E-state index is -0.160. The summed E-state index contributed by atoms with van der Waals surface area (Å²) in [5, 5.41) is 2.81. The molecular formula is C9H19NO2. The summed E-state index contributed by atoms with van der Waals surface area (Å²) in [5.41, 5.74) is -0.160. The molecule has 0 spiro atoms. The maximum atomic E-state index is 11.1. The van der Waals surface area contributed by atoms with Crippen LogP contribution in [-0.4, -0.2) is 24.7 Å². The Morgan fingerprint density at radius 1 is 1.42 bits per heavy atom. The first-order chi connectivity index (χ1) is 5.45. The molecule has 0 atom stereocenters. The zero-order chi connectivity index (χ0) is 9.61. The van der Waals surface area contributed by atoms with Crippen molar-refractivity contribution in [3.8, 4) is 0 Å². The lowest BCUT2D eigenvalue weighted by Crippen LogP contribution is -2.42. The van der Waals surface area contributed by atoms with Crippen LogP contribution in [0, 0.1) is 0 Å². The minimum absolute atomic E-state index is 0.0454. The van der Waals surface area contributed by atoms with Crippen LogP contribution in [0.25, 0.3) is 0 Å². The van der Waals surface area contributed by atoms with Gasteiger partial charge in [-0.25, -0.2) is 0 Å². The molecule has 0 aromatic rings. The highest BCUT2D eigenvalue weighted by atomic mass is 16.5. The van der Waals surface area contributed by atoms with E-state index in [9.17, 15) is 4.79 Å². The topological polar surface area (TPSA) is 38.3 Å². The number of nitrogens with one attached hydrogen (secondary N) is 1. The van der Waals surface area contributed by atoms with Crippen LogP contribution in [0.2, 0.25) is 0 Å². The largest absolute Gasteiger partial charge is 0.372 e. The first-order valence-electron chi connectivity index (χ1n) is 4.34. The number of hydrogen-bond acceptors (Lipinski definition) is 2. The van der Waals surface area contributed by atoms with Crippen LogP contribution in [-0.2, 0) is 9.53 Å². The fourth-order valence-corrected chi connectivity index (χ4v) is 0.764. The van der Waals surface area contributed by atoms with Crippen LogP contribution in [0.5, 0.6) is 0 Å². The quantitative estimate of drug-likeness (QED) is 0.651. The molecule has 0 saturated heterocycles. The summed E-state index contributed by atoms with van der Waals surface area (Å²) < 4.78 is 5.08. The Balaban J connectivity index is 3.47. The van der Waals surface area contributed by atoms with Gasteiger partial charge in [-0.15, -0.1) is 0 Å². The molecule has 0 aromatic carbocycles. The van der Waals surface area contributed by atoms with Crippen LogP contribution in [0.3, 0.4) is 0 Å². The van der Waals surface area contributed by atoms with Gasteiger partial charge in [-0.1, -0.05) is 6.92 Å². The molecule has 0 radical (unpaired) electrons. The SMILES string of the molecule is CCCOCC(=O)NC(C)(C)C. The van der Waals surface area contributed by atoms with Gasteiger partial charge in [-0.2, -0.15) is 0 Å². The minimum Gasteiger partial charge on any atom is -0.372 e. The predicted octanol–water partition coefficient (Wildman–Crippen LogP) is 1.33. The summed E-state index contributed by atoms with van der Waals surface area (Å²) in [6.07, 6.45) is 0.947. The van der Waals surface area contributed by atoms with E-state index in [1.165, 1.54) is 0 Å². The molecule has 0 rings (SSSR count). The van der Waals surface area contributed by atoms with Gasteiger partial charge in [0.2, 0.25) is 5.91 Å². The van der Waals surface area contributed by atoms with E-state index in [4.69, 9.17) is 4.74 Å². The molecule has 0 unspecified atom stereocenters. The summed E-state index contributed by atoms with van der Waals surface area (Å²) in [7, 11) is 0. The molecule has 1 N–H and O–H groups in total. The molecular weight excluding hydrogens is 154 g/mol. The summed E-state index contributed by atoms with van der Waals surface area (Å²) in [6, 6.07) is 0. The molecule has 3 nitrogen and oxygen atoms in total. The maximum Gasteiger partial charge on any atom is 0.246 e. The number of carbonyl (C=O) groups is 1. The van der Waals surface area contributed by atoms with Crippen LogP contribution in [0.15, 0.2) is 0 Å². The molecule has 0 aromatic heterocycles. The number of amides is 1. The van der Waals surface area contributed by atoms with E-state index in [1.807, 2.05) is 27.7 Å². The Bertz CT molecular complexity index is 138. The third-order valence-corrected chi connectivity index (χ3v) is 1.10. The highest BCUT2D eigenvalue weighted by molar-refractivity contribution is 5.77. The molecule has 0 fully saturated rings. The van der Waals surface area contributed by atoms with Crippen molar-refractivity contribution >= 4 is 5.91 Å². The zero-order valence-corrected chi connectivity index (χ0v) is 8.44. The van der Waals surface area contributed by atoms with E-state index >= 15 is 0 Å². The summed E-state index contributed by atoms with van der Waals surface area (Å²) in [4.78, 5) is 11.1. The van der Waals surface area contributed by atoms with Crippen LogP contribution >= 0.6 is 0 Å². The van der Waals surface area contributed by atoms with Gasteiger partial charge in [0.05, 0.1) is 0 Å². The second kappa shape index (κ2) is 5.14. The summed E-state index contributed by atoms with van der Waals surface area (Å²) in [6.45, 7) is 8.69. The fourth-order valence-electron chi connectivity index (χ4n) is 0.764. The molecule has 12 heavy (non-hydrogen) atoms. The number of hydrogen-bond donors (Lipinski definition) is 1. The Morgan fingerprint density at radius 2 is 2.00 bits per heavy atom. The zero-order valence-electron chi connectivity index (χ0n) is 8.44. The third-order valence-electron chi connectivity index (χ3n) is 1.10. The highest BCUT2D eigenvalue weighted by Crippen LogP contribution is 1.97. The third kappa shape index (κ3) is 7.54. The normalized spacial score (nSPS) is 11.3. The van der Waals surface area contributed by atoms with Crippen LogP contribution < -0.4 is 5.32 Å². The van der Waals surface area contributed by atoms with Crippen molar-refractivity contribution in [3.05, 3.63) is 0 Å². The van der Waals surface area contributed by atoms with Crippen LogP contribution in [0.4, 0.5) is 0 Å². The van der Waals surface area contributed by atoms with E-state index in [0.717, 1.165) is 6.42 Å². The number of ether oxygens (including phenoxy) is 1. The van der Waals surface area contributed by atoms with Crippen molar-refractivity contribution in [2.75, 3.05) is 13.2 Å². The van der Waals surface area contributed by atoms with Crippen molar-refractivity contribution in [1.82, 2.24) is 5.32 Å². The average Bonchev–Trinajstić information content (AvgIpc) is 1.84. The van der Waals surface area contributed by atoms with E-state index in [0.29, 0.717) is 6.61 Å². The molecule has 0 aliphatic heterocycles. The monoisotopic (exact) mass is 173 g/mol. The molecule has 0 bridgehead atoms. The van der Waals surface area contributed by atoms with Gasteiger partial charge < -0.3 is 10.1 Å². The Morgan fingerprint density at radius 3 is 2.42 bits per heavy atom. The summed E-state index contributed by atoms with van der Waals surface area (Å²) >= 11 is 0. The van der Waals surface area contributed by atoms with E-state index < -0.39 is 0 Å². The van der Waals surface area contributed by atoms with Gasteiger partial charge in [0, 0.05) is 12.1 Å². The van der Waals surface area contributed by atoms with Crippen molar-refractivity contribution in [1.29, 1.82) is 0 Å². The van der Waals surface area contributed by atoms with Gasteiger partial charge >= 0.3 is 0 Å². The number of rotatable bonds is 4. The standard InChI is InChI=1S/C9H19NO2/c1-5-6-12-7-8(11)10-9(2,3)4/h5-7H2,1-4H3,(H,10,11). The molecule has 72 valence electrons. The molecule has 0 aliphatic rings. The second-order valence-electron chi connectivity index (χ2n) is 3.85. The number of carbonyl (C=O) groups excluding carboxylic acids is 1. The van der Waals surface area contributed by atoms with Crippen molar-refractivity contribution in [3.63, 3.8) is 0 Å². The first-order valence-corrected chi connectivity index (χ1v) is 4.34. The molecule has 1 amide bonds. The fraction of sp³-hybridized carbons (Fsp3) is 0.889. The van der Waals surface area contributed by atoms with E-state index in [2.05, 4.69) is 5.32 Å².